The number of carbonyl (C=O) groups is 1. The lowest BCUT2D eigenvalue weighted by molar-refractivity contribution is 0.0920. The molecule has 4 aromatic rings. The van der Waals surface area contributed by atoms with Crippen LogP contribution in [0.5, 0.6) is 11.8 Å². The van der Waals surface area contributed by atoms with Gasteiger partial charge < -0.3 is 19.8 Å². The lowest BCUT2D eigenvalue weighted by atomic mass is 10.1. The van der Waals surface area contributed by atoms with Crippen molar-refractivity contribution in [3.8, 4) is 11.8 Å². The van der Waals surface area contributed by atoms with Gasteiger partial charge in [0.05, 0.1) is 16.6 Å². The Morgan fingerprint density at radius 3 is 2.89 bits per heavy atom. The van der Waals surface area contributed by atoms with Gasteiger partial charge in [0.1, 0.15) is 5.58 Å². The number of anilines is 1. The lowest BCUT2D eigenvalue weighted by Gasteiger charge is -2.09. The molecule has 2 N–H and O–H groups in total. The minimum Gasteiger partial charge on any atom is -0.449 e. The smallest absolute Gasteiger partial charge is 0.311 e. The van der Waals surface area contributed by atoms with Crippen molar-refractivity contribution in [2.45, 2.75) is 13.0 Å². The number of benzene rings is 1. The van der Waals surface area contributed by atoms with Gasteiger partial charge in [-0.25, -0.2) is 9.97 Å². The minimum absolute atomic E-state index is 0.0217. The molecular weight excluding hydrogens is 365 g/mol. The molecule has 3 aromatic heterocycles. The van der Waals surface area contributed by atoms with Crippen LogP contribution < -0.4 is 15.4 Å². The molecule has 1 aliphatic heterocycles. The van der Waals surface area contributed by atoms with Crippen LogP contribution >= 0.6 is 0 Å². The Labute approximate surface area is 157 Å². The van der Waals surface area contributed by atoms with Gasteiger partial charge >= 0.3 is 6.08 Å². The first-order valence-electron chi connectivity index (χ1n) is 8.66. The Hall–Kier alpha value is -3.75. The highest BCUT2D eigenvalue weighted by molar-refractivity contribution is 6.16. The number of carbonyl (C=O) groups excluding carboxylic acids is 1. The number of ether oxygens (including phenoxy) is 1. The summed E-state index contributed by atoms with van der Waals surface area (Å²) in [6.45, 7) is 2.50. The van der Waals surface area contributed by atoms with Gasteiger partial charge in [-0.05, 0) is 25.1 Å². The molecule has 0 saturated carbocycles. The molecular formula is C19H14FN5O3. The quantitative estimate of drug-likeness (QED) is 0.516. The fourth-order valence-electron chi connectivity index (χ4n) is 3.25. The van der Waals surface area contributed by atoms with Crippen molar-refractivity contribution in [3.63, 3.8) is 0 Å². The molecule has 1 aliphatic rings. The van der Waals surface area contributed by atoms with E-state index in [0.717, 1.165) is 10.8 Å². The maximum absolute atomic E-state index is 13.1. The molecule has 0 aliphatic carbocycles. The average Bonchev–Trinajstić information content (AvgIpc) is 2.99. The molecule has 5 rings (SSSR count). The van der Waals surface area contributed by atoms with Crippen molar-refractivity contribution in [2.75, 3.05) is 11.9 Å². The van der Waals surface area contributed by atoms with E-state index in [0.29, 0.717) is 23.3 Å². The standard InChI is InChI=1S/C19H14FN5O3/c1-9-8-22-16-15-10-2-5-13(28-14-6-7-21-19(20)25-14)24-11(10)3-4-12(15)27-17(16)18(26)23-9/h2-7,9,22H,8H2,1H3,(H,23,26). The van der Waals surface area contributed by atoms with Crippen LogP contribution in [0.25, 0.3) is 21.9 Å². The van der Waals surface area contributed by atoms with Crippen LogP contribution in [0.15, 0.2) is 40.9 Å². The third kappa shape index (κ3) is 2.68. The van der Waals surface area contributed by atoms with Gasteiger partial charge in [-0.3, -0.25) is 4.79 Å². The summed E-state index contributed by atoms with van der Waals surface area (Å²) in [5, 5.41) is 7.75. The van der Waals surface area contributed by atoms with Gasteiger partial charge in [-0.1, -0.05) is 0 Å². The number of halogens is 1. The second-order valence-corrected chi connectivity index (χ2v) is 6.48. The van der Waals surface area contributed by atoms with Crippen molar-refractivity contribution in [3.05, 3.63) is 48.4 Å². The van der Waals surface area contributed by atoms with E-state index in [-0.39, 0.29) is 29.5 Å². The van der Waals surface area contributed by atoms with Crippen molar-refractivity contribution in [1.29, 1.82) is 0 Å². The molecule has 8 nitrogen and oxygen atoms in total. The molecule has 140 valence electrons. The summed E-state index contributed by atoms with van der Waals surface area (Å²) in [5.41, 5.74) is 1.88. The number of nitrogens with zero attached hydrogens (tertiary/aromatic N) is 3. The van der Waals surface area contributed by atoms with Crippen LogP contribution in [0.2, 0.25) is 0 Å². The lowest BCUT2D eigenvalue weighted by Crippen LogP contribution is -2.34. The number of rotatable bonds is 2. The van der Waals surface area contributed by atoms with E-state index in [9.17, 15) is 9.18 Å². The van der Waals surface area contributed by atoms with Crippen molar-refractivity contribution < 1.29 is 18.3 Å². The first-order chi connectivity index (χ1) is 13.6. The number of fused-ring (bicyclic) bond motifs is 5. The summed E-state index contributed by atoms with van der Waals surface area (Å²) in [5.74, 6) is 0.322. The molecule has 4 heterocycles. The highest BCUT2D eigenvalue weighted by atomic mass is 19.1. The summed E-state index contributed by atoms with van der Waals surface area (Å²) in [6.07, 6.45) is 0.389. The first-order valence-corrected chi connectivity index (χ1v) is 8.66. The topological polar surface area (TPSA) is 102 Å². The first kappa shape index (κ1) is 16.4. The van der Waals surface area contributed by atoms with E-state index in [1.165, 1.54) is 12.3 Å². The fraction of sp³-hybridized carbons (Fsp3) is 0.158. The molecule has 28 heavy (non-hydrogen) atoms. The maximum Gasteiger partial charge on any atom is 0.311 e. The van der Waals surface area contributed by atoms with E-state index in [2.05, 4.69) is 25.6 Å². The second kappa shape index (κ2) is 6.15. The second-order valence-electron chi connectivity index (χ2n) is 6.48. The number of pyridine rings is 1. The summed E-state index contributed by atoms with van der Waals surface area (Å²) >= 11 is 0. The largest absolute Gasteiger partial charge is 0.449 e. The minimum atomic E-state index is -0.875. The summed E-state index contributed by atoms with van der Waals surface area (Å²) in [4.78, 5) is 23.8. The molecule has 0 radical (unpaired) electrons. The Morgan fingerprint density at radius 2 is 2.04 bits per heavy atom. The molecule has 0 bridgehead atoms. The van der Waals surface area contributed by atoms with Gasteiger partial charge in [0.15, 0.2) is 0 Å². The molecule has 0 fully saturated rings. The summed E-state index contributed by atoms with van der Waals surface area (Å²) in [7, 11) is 0. The highest BCUT2D eigenvalue weighted by Gasteiger charge is 2.26. The van der Waals surface area contributed by atoms with E-state index >= 15 is 0 Å². The highest BCUT2D eigenvalue weighted by Crippen LogP contribution is 2.37. The van der Waals surface area contributed by atoms with Crippen LogP contribution in [0.1, 0.15) is 17.5 Å². The number of aromatic nitrogens is 3. The van der Waals surface area contributed by atoms with Gasteiger partial charge in [0.25, 0.3) is 5.91 Å². The predicted octanol–water partition coefficient (Wildman–Crippen LogP) is 3.25. The third-order valence-electron chi connectivity index (χ3n) is 4.48. The zero-order chi connectivity index (χ0) is 19.3. The molecule has 1 aromatic carbocycles. The zero-order valence-corrected chi connectivity index (χ0v) is 14.7. The van der Waals surface area contributed by atoms with Crippen molar-refractivity contribution in [1.82, 2.24) is 20.3 Å². The summed E-state index contributed by atoms with van der Waals surface area (Å²) in [6, 6.07) is 8.42. The molecule has 1 unspecified atom stereocenters. The van der Waals surface area contributed by atoms with E-state index in [1.54, 1.807) is 18.2 Å². The van der Waals surface area contributed by atoms with Crippen LogP contribution in [0, 0.1) is 6.08 Å². The number of nitrogens with one attached hydrogen (secondary N) is 2. The van der Waals surface area contributed by atoms with E-state index in [1.807, 2.05) is 13.0 Å². The maximum atomic E-state index is 13.1. The van der Waals surface area contributed by atoms with E-state index < -0.39 is 6.08 Å². The van der Waals surface area contributed by atoms with E-state index in [4.69, 9.17) is 9.15 Å². The molecule has 1 atom stereocenters. The SMILES string of the molecule is CC1CNc2c(oc3ccc4nc(Oc5ccnc(F)n5)ccc4c23)C(=O)N1. The van der Waals surface area contributed by atoms with Crippen molar-refractivity contribution >= 4 is 33.5 Å². The van der Waals surface area contributed by atoms with Gasteiger partial charge in [0, 0.05) is 36.3 Å². The number of hydrogen-bond donors (Lipinski definition) is 2. The zero-order valence-electron chi connectivity index (χ0n) is 14.7. The Kier molecular flexibility index (Phi) is 3.61. The van der Waals surface area contributed by atoms with Gasteiger partial charge in [-0.2, -0.15) is 9.37 Å². The number of hydrogen-bond acceptors (Lipinski definition) is 7. The summed E-state index contributed by atoms with van der Waals surface area (Å²) < 4.78 is 24.4. The van der Waals surface area contributed by atoms with Crippen molar-refractivity contribution in [2.24, 2.45) is 0 Å². The van der Waals surface area contributed by atoms with Crippen LogP contribution in [0.4, 0.5) is 10.1 Å². The van der Waals surface area contributed by atoms with Gasteiger partial charge in [0.2, 0.25) is 17.5 Å². The van der Waals surface area contributed by atoms with Crippen LogP contribution in [-0.4, -0.2) is 33.4 Å². The van der Waals surface area contributed by atoms with Crippen LogP contribution in [0.3, 0.4) is 0 Å². The fourth-order valence-corrected chi connectivity index (χ4v) is 3.25. The average molecular weight is 379 g/mol. The van der Waals surface area contributed by atoms with Crippen LogP contribution in [-0.2, 0) is 0 Å². The molecule has 1 amide bonds. The Morgan fingerprint density at radius 1 is 1.18 bits per heavy atom. The Balaban J connectivity index is 1.62. The Bertz CT molecular complexity index is 1240. The third-order valence-corrected chi connectivity index (χ3v) is 4.48. The monoisotopic (exact) mass is 379 g/mol. The normalized spacial score (nSPS) is 16.4. The molecule has 0 spiro atoms. The predicted molar refractivity (Wildman–Crippen MR) is 99.0 cm³/mol. The number of furan rings is 1. The van der Waals surface area contributed by atoms with Gasteiger partial charge in [-0.15, -0.1) is 0 Å². The number of amides is 1. The molecule has 0 saturated heterocycles. The molecule has 9 heteroatoms.